The summed E-state index contributed by atoms with van der Waals surface area (Å²) in [6, 6.07) is 3.86. The fraction of sp³-hybridized carbons (Fsp3) is 0.647. The quantitative estimate of drug-likeness (QED) is 0.861. The number of ether oxygens (including phenoxy) is 1. The maximum Gasteiger partial charge on any atom is 0.410 e. The van der Waals surface area contributed by atoms with Crippen LogP contribution in [0.1, 0.15) is 33.6 Å². The second-order valence-corrected chi connectivity index (χ2v) is 7.76. The van der Waals surface area contributed by atoms with Crippen LogP contribution in [0.2, 0.25) is 0 Å². The molecule has 0 bridgehead atoms. The fourth-order valence-corrected chi connectivity index (χ4v) is 3.34. The van der Waals surface area contributed by atoms with Crippen molar-refractivity contribution in [2.75, 3.05) is 36.8 Å². The first-order chi connectivity index (χ1) is 10.8. The number of nitrogen functional groups attached to an aromatic ring is 1. The number of nitrogens with two attached hydrogens (primary N) is 1. The van der Waals surface area contributed by atoms with Gasteiger partial charge in [0.2, 0.25) is 0 Å². The Morgan fingerprint density at radius 3 is 2.43 bits per heavy atom. The van der Waals surface area contributed by atoms with E-state index in [2.05, 4.69) is 9.88 Å². The molecule has 2 fully saturated rings. The van der Waals surface area contributed by atoms with Crippen molar-refractivity contribution in [3.8, 4) is 0 Å². The Bertz CT molecular complexity index is 563. The summed E-state index contributed by atoms with van der Waals surface area (Å²) in [5.74, 6) is 0.551. The van der Waals surface area contributed by atoms with Crippen molar-refractivity contribution >= 4 is 17.6 Å². The number of rotatable bonds is 1. The highest BCUT2D eigenvalue weighted by atomic mass is 16.6. The summed E-state index contributed by atoms with van der Waals surface area (Å²) < 4.78 is 5.46. The van der Waals surface area contributed by atoms with Gasteiger partial charge >= 0.3 is 6.09 Å². The summed E-state index contributed by atoms with van der Waals surface area (Å²) in [5.41, 5.74) is 6.66. The predicted molar refractivity (Wildman–Crippen MR) is 90.3 cm³/mol. The van der Waals surface area contributed by atoms with Crippen LogP contribution in [0.25, 0.3) is 0 Å². The van der Waals surface area contributed by atoms with Crippen LogP contribution in [0.5, 0.6) is 0 Å². The Morgan fingerprint density at radius 2 is 1.91 bits per heavy atom. The first kappa shape index (κ1) is 15.9. The molecule has 0 radical (unpaired) electrons. The first-order valence-electron chi connectivity index (χ1n) is 8.21. The van der Waals surface area contributed by atoms with Gasteiger partial charge in [-0.2, -0.15) is 0 Å². The summed E-state index contributed by atoms with van der Waals surface area (Å²) in [4.78, 5) is 20.4. The van der Waals surface area contributed by atoms with Crippen molar-refractivity contribution < 1.29 is 9.53 Å². The lowest BCUT2D eigenvalue weighted by Gasteiger charge is -2.54. The lowest BCUT2D eigenvalue weighted by molar-refractivity contribution is 0.00598. The van der Waals surface area contributed by atoms with Crippen LogP contribution in [0.15, 0.2) is 18.3 Å². The molecule has 0 unspecified atom stereocenters. The third-order valence-electron chi connectivity index (χ3n) is 4.66. The number of carbonyl (C=O) groups is 1. The van der Waals surface area contributed by atoms with Gasteiger partial charge in [0, 0.05) is 31.6 Å². The Hall–Kier alpha value is -1.98. The Kier molecular flexibility index (Phi) is 3.86. The van der Waals surface area contributed by atoms with Crippen molar-refractivity contribution in [1.82, 2.24) is 9.88 Å². The molecule has 6 heteroatoms. The van der Waals surface area contributed by atoms with Crippen molar-refractivity contribution in [2.24, 2.45) is 5.41 Å². The van der Waals surface area contributed by atoms with Crippen molar-refractivity contribution in [3.05, 3.63) is 18.3 Å². The molecular formula is C17H26N4O2. The van der Waals surface area contributed by atoms with Gasteiger partial charge in [0.05, 0.1) is 11.9 Å². The van der Waals surface area contributed by atoms with Gasteiger partial charge in [0.25, 0.3) is 0 Å². The maximum absolute atomic E-state index is 12.1. The molecule has 0 aliphatic carbocycles. The van der Waals surface area contributed by atoms with Crippen LogP contribution in [0.4, 0.5) is 16.3 Å². The predicted octanol–water partition coefficient (Wildman–Crippen LogP) is 2.50. The highest BCUT2D eigenvalue weighted by Crippen LogP contribution is 2.42. The average molecular weight is 318 g/mol. The molecule has 2 saturated heterocycles. The molecule has 6 nitrogen and oxygen atoms in total. The van der Waals surface area contributed by atoms with E-state index < -0.39 is 5.60 Å². The van der Waals surface area contributed by atoms with Crippen LogP contribution >= 0.6 is 0 Å². The topological polar surface area (TPSA) is 71.7 Å². The average Bonchev–Trinajstić information content (AvgIpc) is 2.44. The first-order valence-corrected chi connectivity index (χ1v) is 8.21. The standard InChI is InChI=1S/C17H26N4O2/c1-16(2,3)23-15(22)20-8-6-17(7-9-20)11-21(12-17)13-4-5-14(18)19-10-13/h4-5,10H,6-9,11-12H2,1-3H3,(H2,18,19). The maximum atomic E-state index is 12.1. The fourth-order valence-electron chi connectivity index (χ4n) is 3.34. The number of nitrogens with zero attached hydrogens (tertiary/aromatic N) is 3. The Balaban J connectivity index is 1.50. The summed E-state index contributed by atoms with van der Waals surface area (Å²) in [6.45, 7) is 9.33. The molecule has 0 aromatic carbocycles. The van der Waals surface area contributed by atoms with E-state index in [1.54, 1.807) is 0 Å². The second kappa shape index (κ2) is 5.58. The molecule has 2 aliphatic heterocycles. The summed E-state index contributed by atoms with van der Waals surface area (Å²) in [7, 11) is 0. The number of hydrogen-bond donors (Lipinski definition) is 1. The zero-order valence-corrected chi connectivity index (χ0v) is 14.2. The minimum atomic E-state index is -0.429. The van der Waals surface area contributed by atoms with E-state index in [1.165, 1.54) is 0 Å². The summed E-state index contributed by atoms with van der Waals surface area (Å²) >= 11 is 0. The number of likely N-dealkylation sites (tertiary alicyclic amines) is 1. The number of carbonyl (C=O) groups excluding carboxylic acids is 1. The van der Waals surface area contributed by atoms with E-state index in [-0.39, 0.29) is 6.09 Å². The molecule has 1 aromatic heterocycles. The van der Waals surface area contributed by atoms with Gasteiger partial charge in [-0.3, -0.25) is 0 Å². The van der Waals surface area contributed by atoms with E-state index in [1.807, 2.05) is 44.0 Å². The van der Waals surface area contributed by atoms with Crippen molar-refractivity contribution in [2.45, 2.75) is 39.2 Å². The van der Waals surface area contributed by atoms with E-state index in [0.29, 0.717) is 11.2 Å². The molecular weight excluding hydrogens is 292 g/mol. The van der Waals surface area contributed by atoms with E-state index in [9.17, 15) is 4.79 Å². The van der Waals surface area contributed by atoms with Gasteiger partial charge < -0.3 is 20.3 Å². The monoisotopic (exact) mass is 318 g/mol. The Morgan fingerprint density at radius 1 is 1.26 bits per heavy atom. The van der Waals surface area contributed by atoms with Gasteiger partial charge in [-0.25, -0.2) is 9.78 Å². The van der Waals surface area contributed by atoms with Crippen LogP contribution in [-0.2, 0) is 4.74 Å². The molecule has 1 aromatic rings. The second-order valence-electron chi connectivity index (χ2n) is 7.76. The zero-order chi connectivity index (χ0) is 16.7. The smallest absolute Gasteiger partial charge is 0.410 e. The molecule has 1 amide bonds. The molecule has 2 N–H and O–H groups in total. The van der Waals surface area contributed by atoms with Gasteiger partial charge in [-0.1, -0.05) is 0 Å². The number of aromatic nitrogens is 1. The van der Waals surface area contributed by atoms with Gasteiger partial charge in [0.1, 0.15) is 11.4 Å². The molecule has 126 valence electrons. The SMILES string of the molecule is CC(C)(C)OC(=O)N1CCC2(CC1)CN(c1ccc(N)nc1)C2. The van der Waals surface area contributed by atoms with E-state index in [4.69, 9.17) is 10.5 Å². The molecule has 3 heterocycles. The lowest BCUT2D eigenvalue weighted by Crippen LogP contribution is -2.61. The van der Waals surface area contributed by atoms with Gasteiger partial charge in [-0.05, 0) is 45.7 Å². The van der Waals surface area contributed by atoms with E-state index >= 15 is 0 Å². The molecule has 2 aliphatic rings. The molecule has 1 spiro atoms. The summed E-state index contributed by atoms with van der Waals surface area (Å²) in [6.07, 6.45) is 3.71. The molecule has 23 heavy (non-hydrogen) atoms. The largest absolute Gasteiger partial charge is 0.444 e. The lowest BCUT2D eigenvalue weighted by atomic mass is 9.72. The van der Waals surface area contributed by atoms with Gasteiger partial charge in [-0.15, -0.1) is 0 Å². The number of piperidine rings is 1. The number of pyridine rings is 1. The van der Waals surface area contributed by atoms with Crippen LogP contribution in [-0.4, -0.2) is 47.8 Å². The number of anilines is 2. The molecule has 0 atom stereocenters. The van der Waals surface area contributed by atoms with E-state index in [0.717, 1.165) is 44.7 Å². The van der Waals surface area contributed by atoms with Gasteiger partial charge in [0.15, 0.2) is 0 Å². The minimum Gasteiger partial charge on any atom is -0.444 e. The third-order valence-corrected chi connectivity index (χ3v) is 4.66. The highest BCUT2D eigenvalue weighted by Gasteiger charge is 2.46. The van der Waals surface area contributed by atoms with Crippen molar-refractivity contribution in [3.63, 3.8) is 0 Å². The molecule has 3 rings (SSSR count). The van der Waals surface area contributed by atoms with Crippen LogP contribution < -0.4 is 10.6 Å². The summed E-state index contributed by atoms with van der Waals surface area (Å²) in [5, 5.41) is 0. The Labute approximate surface area is 137 Å². The van der Waals surface area contributed by atoms with Crippen LogP contribution in [0, 0.1) is 5.41 Å². The zero-order valence-electron chi connectivity index (χ0n) is 14.2. The number of hydrogen-bond acceptors (Lipinski definition) is 5. The minimum absolute atomic E-state index is 0.189. The molecule has 0 saturated carbocycles. The van der Waals surface area contributed by atoms with Crippen LogP contribution in [0.3, 0.4) is 0 Å². The third kappa shape index (κ3) is 3.51. The number of amides is 1. The van der Waals surface area contributed by atoms with Crippen molar-refractivity contribution in [1.29, 1.82) is 0 Å². The normalized spacial score (nSPS) is 20.3. The highest BCUT2D eigenvalue weighted by molar-refractivity contribution is 5.68.